The van der Waals surface area contributed by atoms with Crippen LogP contribution in [0.2, 0.25) is 0 Å². The number of rotatable bonds is 3. The van der Waals surface area contributed by atoms with Crippen molar-refractivity contribution in [2.24, 2.45) is 10.9 Å². The molecule has 3 N–H and O–H groups in total. The molecule has 0 aliphatic carbocycles. The van der Waals surface area contributed by atoms with Crippen LogP contribution in [-0.4, -0.2) is 28.1 Å². The zero-order valence-electron chi connectivity index (χ0n) is 8.06. The molecule has 1 rings (SSSR count). The lowest BCUT2D eigenvalue weighted by molar-refractivity contribution is 0.318. The topological polar surface area (TPSA) is 93.6 Å². The maximum Gasteiger partial charge on any atom is 0.227 e. The highest BCUT2D eigenvalue weighted by Crippen LogP contribution is 2.13. The fraction of sp³-hybridized carbons (Fsp3) is 0.375. The third-order valence-corrected chi connectivity index (χ3v) is 1.70. The van der Waals surface area contributed by atoms with Gasteiger partial charge in [-0.15, -0.1) is 0 Å². The van der Waals surface area contributed by atoms with E-state index in [0.717, 1.165) is 0 Å². The summed E-state index contributed by atoms with van der Waals surface area (Å²) in [6, 6.07) is 0. The molecule has 0 aromatic carbocycles. The second kappa shape index (κ2) is 4.40. The van der Waals surface area contributed by atoms with Crippen LogP contribution in [0.4, 0.5) is 0 Å². The Morgan fingerprint density at radius 1 is 1.71 bits per heavy atom. The van der Waals surface area contributed by atoms with Crippen molar-refractivity contribution in [3.8, 4) is 5.88 Å². The summed E-state index contributed by atoms with van der Waals surface area (Å²) >= 11 is 0. The Hall–Kier alpha value is -1.85. The number of hydrogen-bond donors (Lipinski definition) is 2. The molecule has 0 amide bonds. The number of aromatic nitrogens is 2. The number of oxime groups is 1. The van der Waals surface area contributed by atoms with Crippen molar-refractivity contribution in [1.29, 1.82) is 0 Å². The average Bonchev–Trinajstić information content (AvgIpc) is 2.27. The molecule has 6 nitrogen and oxygen atoms in total. The average molecular weight is 196 g/mol. The minimum absolute atomic E-state index is 0.0653. The van der Waals surface area contributed by atoms with Crippen LogP contribution in [0.15, 0.2) is 11.4 Å². The Balaban J connectivity index is 3.18. The van der Waals surface area contributed by atoms with E-state index >= 15 is 0 Å². The van der Waals surface area contributed by atoms with Gasteiger partial charge in [-0.1, -0.05) is 12.1 Å². The number of aryl methyl sites for hydroxylation is 1. The predicted molar refractivity (Wildman–Crippen MR) is 50.5 cm³/mol. The first-order valence-electron chi connectivity index (χ1n) is 4.10. The molecule has 14 heavy (non-hydrogen) atoms. The standard InChI is InChI=1S/C8H12N4O2/c1-3-6-10-4-5(7(9)12-13)8(11-6)14-2/h4,13H,3H2,1-2H3,(H2,9,12). The first kappa shape index (κ1) is 10.2. The molecule has 0 unspecified atom stereocenters. The lowest BCUT2D eigenvalue weighted by atomic mass is 10.3. The van der Waals surface area contributed by atoms with Crippen LogP contribution in [-0.2, 0) is 6.42 Å². The smallest absolute Gasteiger partial charge is 0.227 e. The molecule has 0 saturated carbocycles. The van der Waals surface area contributed by atoms with Gasteiger partial charge in [-0.2, -0.15) is 4.98 Å². The maximum atomic E-state index is 8.49. The minimum Gasteiger partial charge on any atom is -0.480 e. The second-order valence-electron chi connectivity index (χ2n) is 2.55. The first-order chi connectivity index (χ1) is 6.72. The zero-order valence-corrected chi connectivity index (χ0v) is 8.06. The van der Waals surface area contributed by atoms with Crippen molar-refractivity contribution in [2.75, 3.05) is 7.11 Å². The molecule has 6 heteroatoms. The van der Waals surface area contributed by atoms with Gasteiger partial charge >= 0.3 is 0 Å². The van der Waals surface area contributed by atoms with E-state index in [1.807, 2.05) is 6.92 Å². The largest absolute Gasteiger partial charge is 0.480 e. The molecule has 0 atom stereocenters. The summed E-state index contributed by atoms with van der Waals surface area (Å²) in [5, 5.41) is 11.3. The highest BCUT2D eigenvalue weighted by molar-refractivity contribution is 5.98. The Morgan fingerprint density at radius 2 is 2.43 bits per heavy atom. The van der Waals surface area contributed by atoms with Gasteiger partial charge in [0.05, 0.1) is 7.11 Å². The lowest BCUT2D eigenvalue weighted by Gasteiger charge is -2.06. The van der Waals surface area contributed by atoms with E-state index in [1.165, 1.54) is 13.3 Å². The Bertz CT molecular complexity index is 351. The van der Waals surface area contributed by atoms with Gasteiger partial charge in [-0.05, 0) is 0 Å². The van der Waals surface area contributed by atoms with E-state index in [-0.39, 0.29) is 5.84 Å². The van der Waals surface area contributed by atoms with Gasteiger partial charge in [0.1, 0.15) is 11.4 Å². The van der Waals surface area contributed by atoms with Crippen LogP contribution in [0, 0.1) is 0 Å². The normalized spacial score (nSPS) is 11.4. The van der Waals surface area contributed by atoms with E-state index in [0.29, 0.717) is 23.7 Å². The highest BCUT2D eigenvalue weighted by atomic mass is 16.5. The monoisotopic (exact) mass is 196 g/mol. The molecule has 1 heterocycles. The van der Waals surface area contributed by atoms with Crippen LogP contribution >= 0.6 is 0 Å². The van der Waals surface area contributed by atoms with Gasteiger partial charge in [-0.25, -0.2) is 4.98 Å². The van der Waals surface area contributed by atoms with Gasteiger partial charge < -0.3 is 15.7 Å². The molecule has 0 spiro atoms. The van der Waals surface area contributed by atoms with Crippen LogP contribution in [0.1, 0.15) is 18.3 Å². The number of nitrogens with zero attached hydrogens (tertiary/aromatic N) is 3. The van der Waals surface area contributed by atoms with Gasteiger partial charge in [0.25, 0.3) is 0 Å². The number of amidine groups is 1. The van der Waals surface area contributed by atoms with Gasteiger partial charge in [-0.3, -0.25) is 0 Å². The molecule has 0 fully saturated rings. The van der Waals surface area contributed by atoms with Crippen molar-refractivity contribution in [3.63, 3.8) is 0 Å². The van der Waals surface area contributed by atoms with E-state index in [2.05, 4.69) is 15.1 Å². The second-order valence-corrected chi connectivity index (χ2v) is 2.55. The van der Waals surface area contributed by atoms with Gasteiger partial charge in [0, 0.05) is 12.6 Å². The molecule has 0 radical (unpaired) electrons. The summed E-state index contributed by atoms with van der Waals surface area (Å²) in [6.07, 6.45) is 2.17. The number of ether oxygens (including phenoxy) is 1. The molecular weight excluding hydrogens is 184 g/mol. The molecule has 0 saturated heterocycles. The fourth-order valence-electron chi connectivity index (χ4n) is 0.956. The van der Waals surface area contributed by atoms with Crippen LogP contribution in [0.5, 0.6) is 5.88 Å². The summed E-state index contributed by atoms with van der Waals surface area (Å²) in [5.74, 6) is 0.896. The van der Waals surface area contributed by atoms with Gasteiger partial charge in [0.2, 0.25) is 5.88 Å². The maximum absolute atomic E-state index is 8.49. The third kappa shape index (κ3) is 1.90. The van der Waals surface area contributed by atoms with Crippen molar-refractivity contribution in [2.45, 2.75) is 13.3 Å². The fourth-order valence-corrected chi connectivity index (χ4v) is 0.956. The zero-order chi connectivity index (χ0) is 10.6. The number of methoxy groups -OCH3 is 1. The van der Waals surface area contributed by atoms with E-state index in [4.69, 9.17) is 15.7 Å². The Labute approximate surface area is 81.4 Å². The van der Waals surface area contributed by atoms with Crippen molar-refractivity contribution in [3.05, 3.63) is 17.6 Å². The Kier molecular flexibility index (Phi) is 3.22. The molecule has 0 bridgehead atoms. The SMILES string of the molecule is CCc1ncc(/C(N)=N\O)c(OC)n1. The van der Waals surface area contributed by atoms with Crippen molar-refractivity contribution < 1.29 is 9.94 Å². The molecule has 1 aromatic heterocycles. The van der Waals surface area contributed by atoms with Gasteiger partial charge in [0.15, 0.2) is 5.84 Å². The summed E-state index contributed by atoms with van der Waals surface area (Å²) in [4.78, 5) is 8.09. The van der Waals surface area contributed by atoms with Crippen LogP contribution < -0.4 is 10.5 Å². The molecule has 0 aliphatic heterocycles. The summed E-state index contributed by atoms with van der Waals surface area (Å²) in [6.45, 7) is 1.93. The highest BCUT2D eigenvalue weighted by Gasteiger charge is 2.10. The summed E-state index contributed by atoms with van der Waals surface area (Å²) < 4.78 is 4.99. The molecule has 1 aromatic rings. The number of nitrogens with two attached hydrogens (primary N) is 1. The number of hydrogen-bond acceptors (Lipinski definition) is 5. The van der Waals surface area contributed by atoms with Crippen molar-refractivity contribution >= 4 is 5.84 Å². The quantitative estimate of drug-likeness (QED) is 0.310. The van der Waals surface area contributed by atoms with E-state index in [9.17, 15) is 0 Å². The van der Waals surface area contributed by atoms with Crippen LogP contribution in [0.3, 0.4) is 0 Å². The predicted octanol–water partition coefficient (Wildman–Crippen LogP) is 0.142. The van der Waals surface area contributed by atoms with Crippen molar-refractivity contribution in [1.82, 2.24) is 9.97 Å². The third-order valence-electron chi connectivity index (χ3n) is 1.70. The molecule has 76 valence electrons. The van der Waals surface area contributed by atoms with E-state index in [1.54, 1.807) is 0 Å². The summed E-state index contributed by atoms with van der Waals surface area (Å²) in [7, 11) is 1.47. The lowest BCUT2D eigenvalue weighted by Crippen LogP contribution is -2.16. The minimum atomic E-state index is -0.0653. The Morgan fingerprint density at radius 3 is 2.93 bits per heavy atom. The van der Waals surface area contributed by atoms with Crippen LogP contribution in [0.25, 0.3) is 0 Å². The first-order valence-corrected chi connectivity index (χ1v) is 4.10. The molecular formula is C8H12N4O2. The van der Waals surface area contributed by atoms with E-state index < -0.39 is 0 Å². The molecule has 0 aliphatic rings. The summed E-state index contributed by atoms with van der Waals surface area (Å²) in [5.41, 5.74) is 5.78.